The summed E-state index contributed by atoms with van der Waals surface area (Å²) in [7, 11) is -3.53. The number of amides is 1. The Morgan fingerprint density at radius 1 is 1.28 bits per heavy atom. The molecule has 1 heterocycles. The van der Waals surface area contributed by atoms with E-state index < -0.39 is 27.6 Å². The fourth-order valence-corrected chi connectivity index (χ4v) is 4.76. The Morgan fingerprint density at radius 2 is 1.92 bits per heavy atom. The van der Waals surface area contributed by atoms with Crippen LogP contribution in [0.2, 0.25) is 0 Å². The first kappa shape index (κ1) is 18.3. The molecular formula is C17H25N3O4S. The zero-order valence-electron chi connectivity index (χ0n) is 14.1. The second-order valence-electron chi connectivity index (χ2n) is 7.07. The number of fused-ring (bicyclic) bond motifs is 2. The molecule has 0 radical (unpaired) electrons. The molecule has 0 bridgehead atoms. The smallest absolute Gasteiger partial charge is 0.222 e. The molecule has 1 saturated heterocycles. The number of benzene rings is 1. The predicted molar refractivity (Wildman–Crippen MR) is 94.1 cm³/mol. The Bertz CT molecular complexity index is 757. The number of rotatable bonds is 4. The topological polar surface area (TPSA) is 127 Å². The third kappa shape index (κ3) is 3.44. The number of aliphatic hydroxyl groups excluding tert-OH is 1. The zero-order valence-corrected chi connectivity index (χ0v) is 14.9. The van der Waals surface area contributed by atoms with E-state index in [0.29, 0.717) is 25.9 Å². The number of carbonyl (C=O) groups is 1. The first-order valence-electron chi connectivity index (χ1n) is 8.56. The number of nitrogens with zero attached hydrogens (tertiary/aromatic N) is 1. The van der Waals surface area contributed by atoms with Crippen molar-refractivity contribution < 1.29 is 18.3 Å². The van der Waals surface area contributed by atoms with E-state index in [-0.39, 0.29) is 24.5 Å². The van der Waals surface area contributed by atoms with E-state index in [9.17, 15) is 18.3 Å². The fourth-order valence-electron chi connectivity index (χ4n) is 4.22. The highest BCUT2D eigenvalue weighted by atomic mass is 32.2. The number of nitrogens with two attached hydrogens (primary N) is 2. The largest absolute Gasteiger partial charge is 0.390 e. The van der Waals surface area contributed by atoms with Gasteiger partial charge in [0.2, 0.25) is 15.9 Å². The van der Waals surface area contributed by atoms with Crippen molar-refractivity contribution in [1.29, 1.82) is 0 Å². The zero-order chi connectivity index (χ0) is 18.2. The summed E-state index contributed by atoms with van der Waals surface area (Å²) in [6.45, 7) is 1.07. The first-order valence-corrected chi connectivity index (χ1v) is 10.3. The van der Waals surface area contributed by atoms with Crippen molar-refractivity contribution in [2.45, 2.75) is 43.2 Å². The van der Waals surface area contributed by atoms with Crippen LogP contribution in [0.25, 0.3) is 0 Å². The highest BCUT2D eigenvalue weighted by molar-refractivity contribution is 7.89. The van der Waals surface area contributed by atoms with Gasteiger partial charge in [-0.25, -0.2) is 13.6 Å². The Kier molecular flexibility index (Phi) is 4.89. The Labute approximate surface area is 148 Å². The molecule has 1 aromatic carbocycles. The number of primary sulfonamides is 1. The van der Waals surface area contributed by atoms with E-state index in [1.54, 1.807) is 4.90 Å². The molecular weight excluding hydrogens is 342 g/mol. The lowest BCUT2D eigenvalue weighted by atomic mass is 9.72. The van der Waals surface area contributed by atoms with Gasteiger partial charge in [-0.2, -0.15) is 0 Å². The number of hydrogen-bond acceptors (Lipinski definition) is 5. The third-order valence-electron chi connectivity index (χ3n) is 5.59. The lowest BCUT2D eigenvalue weighted by Gasteiger charge is -2.42. The maximum Gasteiger partial charge on any atom is 0.222 e. The molecule has 0 saturated carbocycles. The lowest BCUT2D eigenvalue weighted by Crippen LogP contribution is -2.50. The van der Waals surface area contributed by atoms with Crippen LogP contribution in [0.3, 0.4) is 0 Å². The average Bonchev–Trinajstić information content (AvgIpc) is 2.77. The quantitative estimate of drug-likeness (QED) is 0.690. The number of likely N-dealkylation sites (tertiary alicyclic amines) is 1. The van der Waals surface area contributed by atoms with E-state index in [1.807, 2.05) is 24.3 Å². The van der Waals surface area contributed by atoms with Crippen molar-refractivity contribution in [3.63, 3.8) is 0 Å². The van der Waals surface area contributed by atoms with Gasteiger partial charge < -0.3 is 15.7 Å². The van der Waals surface area contributed by atoms with Gasteiger partial charge in [-0.15, -0.1) is 0 Å². The van der Waals surface area contributed by atoms with Gasteiger partial charge in [-0.1, -0.05) is 24.3 Å². The summed E-state index contributed by atoms with van der Waals surface area (Å²) < 4.78 is 21.9. The van der Waals surface area contributed by atoms with Crippen molar-refractivity contribution in [2.24, 2.45) is 10.9 Å². The van der Waals surface area contributed by atoms with Gasteiger partial charge in [-0.3, -0.25) is 4.79 Å². The normalized spacial score (nSPS) is 25.2. The minimum Gasteiger partial charge on any atom is -0.390 e. The summed E-state index contributed by atoms with van der Waals surface area (Å²) in [4.78, 5) is 14.0. The third-order valence-corrected chi connectivity index (χ3v) is 6.45. The van der Waals surface area contributed by atoms with Gasteiger partial charge in [-0.05, 0) is 30.4 Å². The number of sulfonamides is 1. The average molecular weight is 367 g/mol. The lowest BCUT2D eigenvalue weighted by molar-refractivity contribution is -0.133. The monoisotopic (exact) mass is 367 g/mol. The Morgan fingerprint density at radius 3 is 2.56 bits per heavy atom. The molecule has 0 unspecified atom stereocenters. The summed E-state index contributed by atoms with van der Waals surface area (Å²) >= 11 is 0. The van der Waals surface area contributed by atoms with Gasteiger partial charge in [0.15, 0.2) is 0 Å². The second-order valence-corrected chi connectivity index (χ2v) is 8.80. The number of carbonyl (C=O) groups excluding carboxylic acids is 1. The maximum absolute atomic E-state index is 12.3. The molecule has 8 heteroatoms. The fraction of sp³-hybridized carbons (Fsp3) is 0.588. The standard InChI is InChI=1S/C17H25N3O4S/c18-15-12-4-1-2-5-13(12)17(16(15)22)7-9-20(10-8-17)14(21)6-3-11-25(19,23)24/h1-2,4-5,15-16,22H,3,6-11,18H2,(H2,19,23,24)/t15-,16+/m0/s1. The highest BCUT2D eigenvalue weighted by Gasteiger charge is 2.51. The molecule has 1 spiro atoms. The highest BCUT2D eigenvalue weighted by Crippen LogP contribution is 2.49. The SMILES string of the molecule is N[C@H]1c2ccccc2C2(CCN(C(=O)CCCS(N)(=O)=O)CC2)[C@@H]1O. The minimum absolute atomic E-state index is 0.0661. The van der Waals surface area contributed by atoms with Crippen LogP contribution in [0.4, 0.5) is 0 Å². The van der Waals surface area contributed by atoms with Crippen molar-refractivity contribution in [2.75, 3.05) is 18.8 Å². The number of aliphatic hydroxyl groups is 1. The van der Waals surface area contributed by atoms with E-state index >= 15 is 0 Å². The Balaban J connectivity index is 1.65. The van der Waals surface area contributed by atoms with Crippen LogP contribution in [0.5, 0.6) is 0 Å². The van der Waals surface area contributed by atoms with Crippen LogP contribution in [0.15, 0.2) is 24.3 Å². The van der Waals surface area contributed by atoms with Crippen LogP contribution >= 0.6 is 0 Å². The maximum atomic E-state index is 12.3. The molecule has 25 heavy (non-hydrogen) atoms. The molecule has 2 aliphatic rings. The van der Waals surface area contributed by atoms with E-state index in [2.05, 4.69) is 0 Å². The van der Waals surface area contributed by atoms with Crippen LogP contribution in [-0.2, 0) is 20.2 Å². The van der Waals surface area contributed by atoms with Crippen LogP contribution in [-0.4, -0.2) is 49.3 Å². The summed E-state index contributed by atoms with van der Waals surface area (Å²) in [6, 6.07) is 7.47. The van der Waals surface area contributed by atoms with Gasteiger partial charge in [0.25, 0.3) is 0 Å². The van der Waals surface area contributed by atoms with Crippen molar-refractivity contribution in [1.82, 2.24) is 4.90 Å². The molecule has 1 aliphatic heterocycles. The molecule has 0 aromatic heterocycles. The molecule has 2 atom stereocenters. The van der Waals surface area contributed by atoms with Crippen LogP contribution in [0, 0.1) is 0 Å². The predicted octanol–water partition coefficient (Wildman–Crippen LogP) is -0.0102. The molecule has 3 rings (SSSR count). The van der Waals surface area contributed by atoms with E-state index in [0.717, 1.165) is 11.1 Å². The number of piperidine rings is 1. The summed E-state index contributed by atoms with van der Waals surface area (Å²) in [5.41, 5.74) is 7.88. The van der Waals surface area contributed by atoms with Gasteiger partial charge >= 0.3 is 0 Å². The van der Waals surface area contributed by atoms with Crippen molar-refractivity contribution >= 4 is 15.9 Å². The van der Waals surface area contributed by atoms with Crippen LogP contribution < -0.4 is 10.9 Å². The van der Waals surface area contributed by atoms with Gasteiger partial charge in [0, 0.05) is 24.9 Å². The summed E-state index contributed by atoms with van der Waals surface area (Å²) in [5, 5.41) is 15.7. The Hall–Kier alpha value is -1.48. The van der Waals surface area contributed by atoms with Gasteiger partial charge in [0.1, 0.15) is 0 Å². The molecule has 1 amide bonds. The summed E-state index contributed by atoms with van der Waals surface area (Å²) in [5.74, 6) is -0.249. The first-order chi connectivity index (χ1) is 11.7. The second kappa shape index (κ2) is 6.68. The molecule has 5 N–H and O–H groups in total. The minimum atomic E-state index is -3.53. The molecule has 7 nitrogen and oxygen atoms in total. The van der Waals surface area contributed by atoms with Crippen molar-refractivity contribution in [3.8, 4) is 0 Å². The van der Waals surface area contributed by atoms with Crippen molar-refractivity contribution in [3.05, 3.63) is 35.4 Å². The summed E-state index contributed by atoms with van der Waals surface area (Å²) in [6.07, 6.45) is 1.06. The van der Waals surface area contributed by atoms with E-state index in [1.165, 1.54) is 0 Å². The molecule has 1 aromatic rings. The number of hydrogen-bond donors (Lipinski definition) is 3. The van der Waals surface area contributed by atoms with Crippen LogP contribution in [0.1, 0.15) is 42.9 Å². The molecule has 138 valence electrons. The van der Waals surface area contributed by atoms with Gasteiger partial charge in [0.05, 0.1) is 17.9 Å². The molecule has 1 aliphatic carbocycles. The molecule has 1 fully saturated rings. The van der Waals surface area contributed by atoms with E-state index in [4.69, 9.17) is 10.9 Å².